The number of amides is 1. The van der Waals surface area contributed by atoms with Crippen LogP contribution in [0.2, 0.25) is 0 Å². The third-order valence-electron chi connectivity index (χ3n) is 1.87. The Labute approximate surface area is 82.3 Å². The Kier molecular flexibility index (Phi) is 3.45. The zero-order valence-corrected chi connectivity index (χ0v) is 8.17. The molecule has 1 amide bonds. The molecule has 0 spiro atoms. The van der Waals surface area contributed by atoms with Crippen LogP contribution in [0, 0.1) is 5.82 Å². The van der Waals surface area contributed by atoms with Gasteiger partial charge in [-0.1, -0.05) is 0 Å². The van der Waals surface area contributed by atoms with E-state index in [4.69, 9.17) is 0 Å². The number of hydrogen-bond donors (Lipinski definition) is 2. The third kappa shape index (κ3) is 2.73. The summed E-state index contributed by atoms with van der Waals surface area (Å²) in [6.45, 7) is 1.74. The highest BCUT2D eigenvalue weighted by atomic mass is 19.1. The minimum absolute atomic E-state index is 0.102. The first kappa shape index (κ1) is 10.5. The maximum atomic E-state index is 12.5. The number of anilines is 1. The van der Waals surface area contributed by atoms with Crippen LogP contribution in [0.5, 0.6) is 0 Å². The summed E-state index contributed by atoms with van der Waals surface area (Å²) in [5.74, 6) is -0.391. The molecule has 4 heteroatoms. The Morgan fingerprint density at radius 3 is 2.43 bits per heavy atom. The molecule has 1 aromatic carbocycles. The molecule has 0 saturated carbocycles. The van der Waals surface area contributed by atoms with E-state index in [-0.39, 0.29) is 17.8 Å². The lowest BCUT2D eigenvalue weighted by atomic mass is 10.2. The lowest BCUT2D eigenvalue weighted by molar-refractivity contribution is -0.121. The molecule has 1 aromatic rings. The fraction of sp³-hybridized carbons (Fsp3) is 0.300. The minimum Gasteiger partial charge on any atom is -0.374 e. The van der Waals surface area contributed by atoms with Crippen molar-refractivity contribution in [1.29, 1.82) is 0 Å². The summed E-state index contributed by atoms with van der Waals surface area (Å²) in [6, 6.07) is 5.55. The molecule has 0 aliphatic heterocycles. The first-order chi connectivity index (χ1) is 6.63. The van der Waals surface area contributed by atoms with Gasteiger partial charge in [-0.25, -0.2) is 4.39 Å². The minimum atomic E-state index is -0.328. The molecule has 0 bridgehead atoms. The number of carbonyl (C=O) groups is 1. The standard InChI is InChI=1S/C10H13FN2O/c1-7(10(14)12-2)13-9-5-3-8(11)4-6-9/h3-7,13H,1-2H3,(H,12,14). The van der Waals surface area contributed by atoms with E-state index in [2.05, 4.69) is 10.6 Å². The second-order valence-corrected chi connectivity index (χ2v) is 2.99. The van der Waals surface area contributed by atoms with Crippen molar-refractivity contribution < 1.29 is 9.18 Å². The molecule has 0 radical (unpaired) electrons. The highest BCUT2D eigenvalue weighted by molar-refractivity contribution is 5.83. The summed E-state index contributed by atoms with van der Waals surface area (Å²) < 4.78 is 12.5. The van der Waals surface area contributed by atoms with E-state index in [0.717, 1.165) is 5.69 Å². The van der Waals surface area contributed by atoms with Gasteiger partial charge in [-0.3, -0.25) is 4.79 Å². The third-order valence-corrected chi connectivity index (χ3v) is 1.87. The molecule has 76 valence electrons. The average Bonchev–Trinajstić information content (AvgIpc) is 2.20. The quantitative estimate of drug-likeness (QED) is 0.766. The van der Waals surface area contributed by atoms with Crippen LogP contribution in [0.1, 0.15) is 6.92 Å². The Hall–Kier alpha value is -1.58. The van der Waals surface area contributed by atoms with Crippen molar-refractivity contribution in [3.05, 3.63) is 30.1 Å². The zero-order chi connectivity index (χ0) is 10.6. The summed E-state index contributed by atoms with van der Waals surface area (Å²) in [7, 11) is 1.57. The van der Waals surface area contributed by atoms with E-state index in [0.29, 0.717) is 0 Å². The van der Waals surface area contributed by atoms with Crippen LogP contribution >= 0.6 is 0 Å². The van der Waals surface area contributed by atoms with Crippen molar-refractivity contribution in [2.75, 3.05) is 12.4 Å². The summed E-state index contributed by atoms with van der Waals surface area (Å²) in [4.78, 5) is 11.1. The van der Waals surface area contributed by atoms with E-state index >= 15 is 0 Å². The van der Waals surface area contributed by atoms with Crippen LogP contribution in [-0.4, -0.2) is 19.0 Å². The van der Waals surface area contributed by atoms with Gasteiger partial charge in [0.1, 0.15) is 11.9 Å². The average molecular weight is 196 g/mol. The molecule has 3 nitrogen and oxygen atoms in total. The van der Waals surface area contributed by atoms with Crippen molar-refractivity contribution in [3.8, 4) is 0 Å². The number of benzene rings is 1. The Bertz CT molecular complexity index is 310. The van der Waals surface area contributed by atoms with Gasteiger partial charge in [0, 0.05) is 12.7 Å². The van der Waals surface area contributed by atoms with Crippen LogP contribution in [-0.2, 0) is 4.79 Å². The summed E-state index contributed by atoms with van der Waals surface area (Å²) in [5.41, 5.74) is 0.725. The summed E-state index contributed by atoms with van der Waals surface area (Å²) >= 11 is 0. The predicted octanol–water partition coefficient (Wildman–Crippen LogP) is 1.37. The Morgan fingerprint density at radius 2 is 1.93 bits per heavy atom. The van der Waals surface area contributed by atoms with Gasteiger partial charge in [0.25, 0.3) is 0 Å². The molecule has 1 unspecified atom stereocenters. The first-order valence-corrected chi connectivity index (χ1v) is 4.37. The molecule has 0 saturated heterocycles. The second kappa shape index (κ2) is 4.60. The Morgan fingerprint density at radius 1 is 1.36 bits per heavy atom. The molecular weight excluding hydrogens is 183 g/mol. The van der Waals surface area contributed by atoms with E-state index in [1.165, 1.54) is 12.1 Å². The van der Waals surface area contributed by atoms with Crippen LogP contribution in [0.4, 0.5) is 10.1 Å². The van der Waals surface area contributed by atoms with Crippen LogP contribution in [0.3, 0.4) is 0 Å². The van der Waals surface area contributed by atoms with E-state index in [9.17, 15) is 9.18 Å². The molecule has 0 heterocycles. The molecule has 2 N–H and O–H groups in total. The molecule has 1 rings (SSSR count). The summed E-state index contributed by atoms with van der Waals surface area (Å²) in [6.07, 6.45) is 0. The first-order valence-electron chi connectivity index (χ1n) is 4.37. The molecule has 1 atom stereocenters. The van der Waals surface area contributed by atoms with Crippen molar-refractivity contribution in [1.82, 2.24) is 5.32 Å². The highest BCUT2D eigenvalue weighted by Crippen LogP contribution is 2.09. The highest BCUT2D eigenvalue weighted by Gasteiger charge is 2.09. The lowest BCUT2D eigenvalue weighted by Crippen LogP contribution is -2.35. The van der Waals surface area contributed by atoms with Gasteiger partial charge >= 0.3 is 0 Å². The Balaban J connectivity index is 2.60. The predicted molar refractivity (Wildman–Crippen MR) is 53.6 cm³/mol. The van der Waals surface area contributed by atoms with Gasteiger partial charge in [0.2, 0.25) is 5.91 Å². The maximum Gasteiger partial charge on any atom is 0.241 e. The van der Waals surface area contributed by atoms with Crippen LogP contribution < -0.4 is 10.6 Å². The zero-order valence-electron chi connectivity index (χ0n) is 8.17. The van der Waals surface area contributed by atoms with Gasteiger partial charge in [0.05, 0.1) is 0 Å². The number of carbonyl (C=O) groups excluding carboxylic acids is 1. The van der Waals surface area contributed by atoms with Crippen LogP contribution in [0.25, 0.3) is 0 Å². The van der Waals surface area contributed by atoms with Crippen molar-refractivity contribution in [2.45, 2.75) is 13.0 Å². The molecule has 0 aliphatic rings. The topological polar surface area (TPSA) is 41.1 Å². The monoisotopic (exact) mass is 196 g/mol. The summed E-state index contributed by atoms with van der Waals surface area (Å²) in [5, 5.41) is 5.46. The number of nitrogens with one attached hydrogen (secondary N) is 2. The van der Waals surface area contributed by atoms with Crippen molar-refractivity contribution in [2.24, 2.45) is 0 Å². The van der Waals surface area contributed by atoms with Gasteiger partial charge < -0.3 is 10.6 Å². The largest absolute Gasteiger partial charge is 0.374 e. The van der Waals surface area contributed by atoms with E-state index in [1.54, 1.807) is 26.1 Å². The van der Waals surface area contributed by atoms with Gasteiger partial charge in [-0.05, 0) is 31.2 Å². The number of hydrogen-bond acceptors (Lipinski definition) is 2. The number of likely N-dealkylation sites (N-methyl/N-ethyl adjacent to an activating group) is 1. The fourth-order valence-corrected chi connectivity index (χ4v) is 1.08. The second-order valence-electron chi connectivity index (χ2n) is 2.99. The molecule has 0 aliphatic carbocycles. The maximum absolute atomic E-state index is 12.5. The fourth-order valence-electron chi connectivity index (χ4n) is 1.08. The lowest BCUT2D eigenvalue weighted by Gasteiger charge is -2.13. The molecular formula is C10H13FN2O. The van der Waals surface area contributed by atoms with Gasteiger partial charge in [-0.2, -0.15) is 0 Å². The molecule has 14 heavy (non-hydrogen) atoms. The molecule has 0 aromatic heterocycles. The van der Waals surface area contributed by atoms with Crippen LogP contribution in [0.15, 0.2) is 24.3 Å². The number of rotatable bonds is 3. The van der Waals surface area contributed by atoms with E-state index < -0.39 is 0 Å². The normalized spacial score (nSPS) is 11.9. The SMILES string of the molecule is CNC(=O)C(C)Nc1ccc(F)cc1. The van der Waals surface area contributed by atoms with Gasteiger partial charge in [0.15, 0.2) is 0 Å². The van der Waals surface area contributed by atoms with Crippen molar-refractivity contribution >= 4 is 11.6 Å². The van der Waals surface area contributed by atoms with Gasteiger partial charge in [-0.15, -0.1) is 0 Å². The van der Waals surface area contributed by atoms with E-state index in [1.807, 2.05) is 0 Å². The number of halogens is 1. The molecule has 0 fully saturated rings. The smallest absolute Gasteiger partial charge is 0.241 e. The van der Waals surface area contributed by atoms with Crippen molar-refractivity contribution in [3.63, 3.8) is 0 Å².